The van der Waals surface area contributed by atoms with E-state index in [0.29, 0.717) is 24.9 Å². The molecule has 0 radical (unpaired) electrons. The van der Waals surface area contributed by atoms with Crippen LogP contribution in [0.25, 0.3) is 0 Å². The molecule has 1 aliphatic rings. The van der Waals surface area contributed by atoms with E-state index >= 15 is 0 Å². The summed E-state index contributed by atoms with van der Waals surface area (Å²) in [6.45, 7) is 5.38. The van der Waals surface area contributed by atoms with Gasteiger partial charge in [-0.05, 0) is 43.9 Å². The highest BCUT2D eigenvalue weighted by Gasteiger charge is 2.39. The van der Waals surface area contributed by atoms with E-state index in [1.165, 1.54) is 0 Å². The van der Waals surface area contributed by atoms with E-state index < -0.39 is 0 Å². The van der Waals surface area contributed by atoms with Crippen LogP contribution in [-0.4, -0.2) is 36.2 Å². The van der Waals surface area contributed by atoms with Crippen LogP contribution in [0.4, 0.5) is 0 Å². The number of nitrogens with one attached hydrogen (secondary N) is 2. The molecule has 7 N–H and O–H groups in total. The molecule has 0 saturated heterocycles. The summed E-state index contributed by atoms with van der Waals surface area (Å²) in [5.74, 6) is 0.764. The van der Waals surface area contributed by atoms with Crippen molar-refractivity contribution in [3.05, 3.63) is 0 Å². The Morgan fingerprint density at radius 1 is 1.32 bits per heavy atom. The summed E-state index contributed by atoms with van der Waals surface area (Å²) in [6, 6.07) is -0.135. The number of unbranched alkanes of at least 4 members (excludes halogenated alkanes) is 1. The Labute approximate surface area is 132 Å². The molecule has 0 spiro atoms. The predicted molar refractivity (Wildman–Crippen MR) is 87.3 cm³/mol. The largest absolute Gasteiger partial charge is 0.370 e. The number of hydroxylamine groups is 1. The Hall–Kier alpha value is -1.34. The van der Waals surface area contributed by atoms with Gasteiger partial charge in [0.15, 0.2) is 5.96 Å². The van der Waals surface area contributed by atoms with E-state index in [9.17, 15) is 10.0 Å². The highest BCUT2D eigenvalue weighted by atomic mass is 16.5. The second-order valence-electron chi connectivity index (χ2n) is 6.53. The van der Waals surface area contributed by atoms with Crippen molar-refractivity contribution in [1.29, 1.82) is 0 Å². The molecular weight excluding hydrogens is 282 g/mol. The molecule has 1 rings (SSSR count). The number of guanidine groups is 1. The second kappa shape index (κ2) is 9.63. The summed E-state index contributed by atoms with van der Waals surface area (Å²) in [4.78, 5) is 16.3. The molecule has 1 fully saturated rings. The number of rotatable bonds is 11. The van der Waals surface area contributed by atoms with Gasteiger partial charge in [-0.25, -0.2) is 5.48 Å². The lowest BCUT2D eigenvalue weighted by Gasteiger charge is -2.26. The summed E-state index contributed by atoms with van der Waals surface area (Å²) >= 11 is 0. The molecule has 22 heavy (non-hydrogen) atoms. The maximum absolute atomic E-state index is 12.4. The van der Waals surface area contributed by atoms with E-state index in [1.54, 1.807) is 0 Å². The normalized spacial score (nSPS) is 17.1. The Morgan fingerprint density at radius 3 is 2.50 bits per heavy atom. The summed E-state index contributed by atoms with van der Waals surface area (Å²) in [5.41, 5.74) is 12.9. The number of nitrogens with zero attached hydrogens (tertiary/aromatic N) is 1. The van der Waals surface area contributed by atoms with Crippen LogP contribution in [0, 0.1) is 17.8 Å². The van der Waals surface area contributed by atoms with Crippen molar-refractivity contribution in [3.8, 4) is 0 Å². The second-order valence-corrected chi connectivity index (χ2v) is 6.53. The van der Waals surface area contributed by atoms with Gasteiger partial charge >= 0.3 is 0 Å². The lowest BCUT2D eigenvalue weighted by atomic mass is 9.87. The van der Waals surface area contributed by atoms with Gasteiger partial charge in [0.25, 0.3) is 0 Å². The average molecular weight is 313 g/mol. The Morgan fingerprint density at radius 2 is 2.00 bits per heavy atom. The first-order valence-electron chi connectivity index (χ1n) is 8.18. The van der Waals surface area contributed by atoms with E-state index in [1.807, 2.05) is 0 Å². The third-order valence-corrected chi connectivity index (χ3v) is 3.95. The highest BCUT2D eigenvalue weighted by Crippen LogP contribution is 2.37. The van der Waals surface area contributed by atoms with Crippen LogP contribution < -0.4 is 22.3 Å². The first kappa shape index (κ1) is 18.7. The quantitative estimate of drug-likeness (QED) is 0.165. The van der Waals surface area contributed by atoms with Crippen molar-refractivity contribution in [2.75, 3.05) is 13.1 Å². The van der Waals surface area contributed by atoms with Crippen LogP contribution in [0.3, 0.4) is 0 Å². The van der Waals surface area contributed by atoms with Gasteiger partial charge in [0.05, 0.1) is 5.92 Å². The summed E-state index contributed by atoms with van der Waals surface area (Å²) in [6.07, 6.45) is 4.60. The van der Waals surface area contributed by atoms with Crippen LogP contribution in [0.15, 0.2) is 4.99 Å². The van der Waals surface area contributed by atoms with Crippen LogP contribution in [0.1, 0.15) is 46.0 Å². The van der Waals surface area contributed by atoms with Crippen LogP contribution in [0.5, 0.6) is 0 Å². The van der Waals surface area contributed by atoms with Crippen molar-refractivity contribution < 1.29 is 10.0 Å². The Kier molecular flexibility index (Phi) is 8.19. The van der Waals surface area contributed by atoms with E-state index in [2.05, 4.69) is 29.6 Å². The van der Waals surface area contributed by atoms with Gasteiger partial charge < -0.3 is 22.0 Å². The van der Waals surface area contributed by atoms with Gasteiger partial charge in [-0.15, -0.1) is 0 Å². The molecule has 0 aromatic rings. The number of hydrogen-bond donors (Lipinski definition) is 5. The van der Waals surface area contributed by atoms with Gasteiger partial charge in [-0.2, -0.15) is 0 Å². The fraction of sp³-hybridized carbons (Fsp3) is 0.867. The molecule has 1 amide bonds. The lowest BCUT2D eigenvalue weighted by Crippen LogP contribution is -2.45. The molecule has 0 aromatic heterocycles. The highest BCUT2D eigenvalue weighted by molar-refractivity contribution is 5.79. The fourth-order valence-electron chi connectivity index (χ4n) is 2.69. The van der Waals surface area contributed by atoms with Gasteiger partial charge in [-0.3, -0.25) is 9.79 Å². The zero-order chi connectivity index (χ0) is 16.5. The molecular formula is C15H31N5O2. The van der Waals surface area contributed by atoms with Crippen LogP contribution in [0.2, 0.25) is 0 Å². The zero-order valence-electron chi connectivity index (χ0n) is 13.7. The maximum atomic E-state index is 12.4. The number of hydrogen-bond acceptors (Lipinski definition) is 4. The molecule has 7 nitrogen and oxygen atoms in total. The Bertz CT molecular complexity index is 365. The van der Waals surface area contributed by atoms with E-state index in [4.69, 9.17) is 11.5 Å². The van der Waals surface area contributed by atoms with Gasteiger partial charge in [-0.1, -0.05) is 13.8 Å². The molecule has 128 valence electrons. The molecule has 0 aromatic carbocycles. The van der Waals surface area contributed by atoms with Crippen molar-refractivity contribution in [2.24, 2.45) is 34.2 Å². The number of carbonyl (C=O) groups excluding carboxylic acids is 1. The number of nitrogens with two attached hydrogens (primary N) is 2. The SMILES string of the molecule is CC(C)C[C@H](C(=O)NCCCCN=C(N)N)[C@@H](NO)C1CC1. The zero-order valence-corrected chi connectivity index (χ0v) is 13.7. The van der Waals surface area contributed by atoms with Gasteiger partial charge in [0, 0.05) is 19.1 Å². The minimum absolute atomic E-state index is 0.0222. The lowest BCUT2D eigenvalue weighted by molar-refractivity contribution is -0.128. The third kappa shape index (κ3) is 7.09. The monoisotopic (exact) mass is 313 g/mol. The molecule has 0 heterocycles. The summed E-state index contributed by atoms with van der Waals surface area (Å²) in [7, 11) is 0. The summed E-state index contributed by atoms with van der Waals surface area (Å²) in [5, 5.41) is 12.4. The predicted octanol–water partition coefficient (Wildman–Crippen LogP) is 0.576. The van der Waals surface area contributed by atoms with E-state index in [-0.39, 0.29) is 23.8 Å². The molecule has 7 heteroatoms. The molecule has 1 saturated carbocycles. The van der Waals surface area contributed by atoms with Crippen molar-refractivity contribution in [2.45, 2.75) is 52.0 Å². The minimum atomic E-state index is -0.185. The van der Waals surface area contributed by atoms with Crippen LogP contribution in [-0.2, 0) is 4.79 Å². The third-order valence-electron chi connectivity index (χ3n) is 3.95. The van der Waals surface area contributed by atoms with Crippen molar-refractivity contribution >= 4 is 11.9 Å². The average Bonchev–Trinajstić information content (AvgIpc) is 3.26. The number of carbonyl (C=O) groups is 1. The first-order valence-corrected chi connectivity index (χ1v) is 8.18. The molecule has 2 atom stereocenters. The standard InChI is InChI=1S/C15H31N5O2/c1-10(2)9-12(13(20-22)11-5-6-11)14(21)18-7-3-4-8-19-15(16)17/h10-13,20,22H,3-9H2,1-2H3,(H,18,21)(H4,16,17,19)/t12-,13-/m0/s1. The minimum Gasteiger partial charge on any atom is -0.370 e. The Balaban J connectivity index is 2.38. The molecule has 0 bridgehead atoms. The smallest absolute Gasteiger partial charge is 0.224 e. The van der Waals surface area contributed by atoms with E-state index in [0.717, 1.165) is 32.1 Å². The topological polar surface area (TPSA) is 126 Å². The molecule has 1 aliphatic carbocycles. The number of aliphatic imine (C=N–C) groups is 1. The fourth-order valence-corrected chi connectivity index (χ4v) is 2.69. The van der Waals surface area contributed by atoms with Crippen LogP contribution >= 0.6 is 0 Å². The summed E-state index contributed by atoms with van der Waals surface area (Å²) < 4.78 is 0. The van der Waals surface area contributed by atoms with Gasteiger partial charge in [0.2, 0.25) is 5.91 Å². The van der Waals surface area contributed by atoms with Gasteiger partial charge in [0.1, 0.15) is 0 Å². The molecule has 0 aliphatic heterocycles. The molecule has 0 unspecified atom stereocenters. The van der Waals surface area contributed by atoms with Crippen molar-refractivity contribution in [3.63, 3.8) is 0 Å². The first-order chi connectivity index (χ1) is 10.5. The van der Waals surface area contributed by atoms with Crippen molar-refractivity contribution in [1.82, 2.24) is 10.8 Å². The maximum Gasteiger partial charge on any atom is 0.224 e. The number of amides is 1.